The highest BCUT2D eigenvalue weighted by molar-refractivity contribution is 6.68. The molecule has 0 unspecified atom stereocenters. The Morgan fingerprint density at radius 1 is 1.21 bits per heavy atom. The molecule has 0 fully saturated rings. The minimum atomic E-state index is -0.649. The Balaban J connectivity index is 2.59. The van der Waals surface area contributed by atoms with E-state index in [1.165, 1.54) is 6.08 Å². The van der Waals surface area contributed by atoms with E-state index in [9.17, 15) is 4.79 Å². The highest BCUT2D eigenvalue weighted by Crippen LogP contribution is 2.29. The van der Waals surface area contributed by atoms with E-state index in [1.807, 2.05) is 0 Å². The van der Waals surface area contributed by atoms with E-state index < -0.39 is 5.91 Å². The lowest BCUT2D eigenvalue weighted by atomic mass is 10.0. The molecule has 19 heavy (non-hydrogen) atoms. The number of nitrogens with zero attached hydrogens (tertiary/aromatic N) is 1. The summed E-state index contributed by atoms with van der Waals surface area (Å²) in [6.07, 6.45) is 3.13. The summed E-state index contributed by atoms with van der Waals surface area (Å²) in [6, 6.07) is 4.77. The third kappa shape index (κ3) is 3.10. The van der Waals surface area contributed by atoms with Crippen LogP contribution in [0.3, 0.4) is 0 Å². The largest absolute Gasteiger partial charge is 0.366 e. The number of nitrogens with two attached hydrogens (primary N) is 1. The third-order valence-corrected chi connectivity index (χ3v) is 3.16. The van der Waals surface area contributed by atoms with Crippen LogP contribution < -0.4 is 11.2 Å². The Kier molecular flexibility index (Phi) is 4.14. The maximum atomic E-state index is 11.7. The monoisotopic (exact) mass is 315 g/mol. The first kappa shape index (κ1) is 13.9. The van der Waals surface area contributed by atoms with Crippen LogP contribution in [0, 0.1) is 0 Å². The molecule has 1 heterocycles. The van der Waals surface area contributed by atoms with Gasteiger partial charge in [-0.2, -0.15) is 5.10 Å². The van der Waals surface area contributed by atoms with Crippen molar-refractivity contribution in [1.29, 1.82) is 0 Å². The van der Waals surface area contributed by atoms with Gasteiger partial charge >= 0.3 is 0 Å². The van der Waals surface area contributed by atoms with Gasteiger partial charge in [-0.15, -0.1) is 0 Å². The van der Waals surface area contributed by atoms with Crippen molar-refractivity contribution in [3.8, 4) is 0 Å². The number of benzene rings is 1. The number of hydrogen-bond acceptors (Lipinski definition) is 3. The Hall–Kier alpha value is -1.49. The van der Waals surface area contributed by atoms with Gasteiger partial charge in [0.2, 0.25) is 0 Å². The summed E-state index contributed by atoms with van der Waals surface area (Å²) in [5, 5.41) is 4.87. The van der Waals surface area contributed by atoms with Gasteiger partial charge in [0.15, 0.2) is 0 Å². The SMILES string of the molecule is NC(=O)/C(=C1/C=CC(Cl)=NN1)c1cc(Cl)ccc1Cl. The van der Waals surface area contributed by atoms with Crippen molar-refractivity contribution < 1.29 is 4.79 Å². The van der Waals surface area contributed by atoms with Crippen molar-refractivity contribution >= 4 is 51.5 Å². The maximum absolute atomic E-state index is 11.7. The Labute approximate surface area is 124 Å². The average Bonchev–Trinajstić information content (AvgIpc) is 2.36. The van der Waals surface area contributed by atoms with Crippen molar-refractivity contribution in [1.82, 2.24) is 5.43 Å². The fourth-order valence-corrected chi connectivity index (χ4v) is 2.07. The Bertz CT molecular complexity index is 635. The van der Waals surface area contributed by atoms with Gasteiger partial charge in [0, 0.05) is 15.6 Å². The predicted octanol–water partition coefficient (Wildman–Crippen LogP) is 2.90. The lowest BCUT2D eigenvalue weighted by Crippen LogP contribution is -2.20. The van der Waals surface area contributed by atoms with Gasteiger partial charge in [-0.3, -0.25) is 10.2 Å². The van der Waals surface area contributed by atoms with Crippen molar-refractivity contribution in [3.05, 3.63) is 51.7 Å². The van der Waals surface area contributed by atoms with Crippen molar-refractivity contribution in [2.24, 2.45) is 10.8 Å². The second-order valence-electron chi connectivity index (χ2n) is 3.66. The summed E-state index contributed by atoms with van der Waals surface area (Å²) >= 11 is 17.7. The zero-order valence-electron chi connectivity index (χ0n) is 9.45. The minimum absolute atomic E-state index is 0.191. The normalized spacial score (nSPS) is 16.7. The van der Waals surface area contributed by atoms with Gasteiger partial charge in [-0.1, -0.05) is 34.8 Å². The Morgan fingerprint density at radius 2 is 1.95 bits per heavy atom. The molecule has 1 amide bonds. The van der Waals surface area contributed by atoms with E-state index in [-0.39, 0.29) is 10.7 Å². The van der Waals surface area contributed by atoms with Crippen LogP contribution in [0.2, 0.25) is 10.0 Å². The number of hydrazone groups is 1. The molecule has 0 aromatic heterocycles. The molecule has 7 heteroatoms. The first-order valence-corrected chi connectivity index (χ1v) is 6.29. The number of nitrogens with one attached hydrogen (secondary N) is 1. The van der Waals surface area contributed by atoms with Crippen LogP contribution in [0.1, 0.15) is 5.56 Å². The summed E-state index contributed by atoms with van der Waals surface area (Å²) in [7, 11) is 0. The Morgan fingerprint density at radius 3 is 2.53 bits per heavy atom. The lowest BCUT2D eigenvalue weighted by Gasteiger charge is -2.13. The van der Waals surface area contributed by atoms with Crippen molar-refractivity contribution in [2.45, 2.75) is 0 Å². The number of halogens is 3. The molecule has 0 radical (unpaired) electrons. The summed E-state index contributed by atoms with van der Waals surface area (Å²) in [5.41, 5.74) is 9.07. The summed E-state index contributed by atoms with van der Waals surface area (Å²) in [5.74, 6) is -0.649. The third-order valence-electron chi connectivity index (χ3n) is 2.38. The van der Waals surface area contributed by atoms with Gasteiger partial charge in [0.05, 0.1) is 11.3 Å². The second-order valence-corrected chi connectivity index (χ2v) is 4.89. The van der Waals surface area contributed by atoms with Gasteiger partial charge in [0.1, 0.15) is 5.17 Å². The van der Waals surface area contributed by atoms with Gasteiger partial charge in [0.25, 0.3) is 5.91 Å². The summed E-state index contributed by atoms with van der Waals surface area (Å²) < 4.78 is 0. The quantitative estimate of drug-likeness (QED) is 0.824. The molecule has 0 bridgehead atoms. The minimum Gasteiger partial charge on any atom is -0.366 e. The van der Waals surface area contributed by atoms with Crippen LogP contribution in [0.15, 0.2) is 41.1 Å². The van der Waals surface area contributed by atoms with E-state index in [1.54, 1.807) is 24.3 Å². The zero-order chi connectivity index (χ0) is 14.0. The molecular weight excluding hydrogens is 309 g/mol. The molecule has 1 aromatic carbocycles. The number of allylic oxidation sites excluding steroid dienone is 2. The molecule has 0 saturated heterocycles. The van der Waals surface area contributed by atoms with E-state index >= 15 is 0 Å². The van der Waals surface area contributed by atoms with Crippen LogP contribution in [-0.2, 0) is 4.79 Å². The van der Waals surface area contributed by atoms with E-state index in [0.717, 1.165) is 0 Å². The van der Waals surface area contributed by atoms with E-state index in [0.29, 0.717) is 21.3 Å². The first-order valence-electron chi connectivity index (χ1n) is 5.16. The number of carbonyl (C=O) groups excluding carboxylic acids is 1. The number of amides is 1. The van der Waals surface area contributed by atoms with Crippen LogP contribution in [-0.4, -0.2) is 11.1 Å². The van der Waals surface area contributed by atoms with Gasteiger partial charge in [-0.05, 0) is 30.4 Å². The highest BCUT2D eigenvalue weighted by Gasteiger charge is 2.18. The molecule has 0 atom stereocenters. The molecule has 4 nitrogen and oxygen atoms in total. The molecule has 2 rings (SSSR count). The molecule has 1 aliphatic heterocycles. The maximum Gasteiger partial charge on any atom is 0.251 e. The molecule has 1 aromatic rings. The smallest absolute Gasteiger partial charge is 0.251 e. The van der Waals surface area contributed by atoms with Gasteiger partial charge in [-0.25, -0.2) is 0 Å². The predicted molar refractivity (Wildman–Crippen MR) is 78.1 cm³/mol. The molecular formula is C12H8Cl3N3O. The number of rotatable bonds is 2. The van der Waals surface area contributed by atoms with E-state index in [2.05, 4.69) is 10.5 Å². The first-order chi connectivity index (χ1) is 8.99. The number of primary amides is 1. The molecule has 0 spiro atoms. The fourth-order valence-electron chi connectivity index (χ4n) is 1.58. The standard InChI is InChI=1S/C12H8Cl3N3O/c13-6-1-2-8(14)7(5-6)11(12(16)19)9-3-4-10(15)18-17-9/h1-5,17H,(H2,16,19)/b11-9-. The fraction of sp³-hybridized carbons (Fsp3) is 0. The van der Waals surface area contributed by atoms with Crippen molar-refractivity contribution in [2.75, 3.05) is 0 Å². The van der Waals surface area contributed by atoms with Gasteiger partial charge < -0.3 is 5.73 Å². The van der Waals surface area contributed by atoms with Crippen LogP contribution in [0.5, 0.6) is 0 Å². The molecule has 98 valence electrons. The van der Waals surface area contributed by atoms with Crippen LogP contribution in [0.4, 0.5) is 0 Å². The van der Waals surface area contributed by atoms with Crippen LogP contribution in [0.25, 0.3) is 5.57 Å². The summed E-state index contributed by atoms with van der Waals surface area (Å²) in [4.78, 5) is 11.7. The average molecular weight is 317 g/mol. The molecule has 1 aliphatic rings. The van der Waals surface area contributed by atoms with Crippen molar-refractivity contribution in [3.63, 3.8) is 0 Å². The zero-order valence-corrected chi connectivity index (χ0v) is 11.7. The summed E-state index contributed by atoms with van der Waals surface area (Å²) in [6.45, 7) is 0. The number of carbonyl (C=O) groups is 1. The number of hydrogen-bond donors (Lipinski definition) is 2. The van der Waals surface area contributed by atoms with E-state index in [4.69, 9.17) is 40.5 Å². The highest BCUT2D eigenvalue weighted by atomic mass is 35.5. The van der Waals surface area contributed by atoms with Crippen LogP contribution >= 0.6 is 34.8 Å². The second kappa shape index (κ2) is 5.65. The molecule has 3 N–H and O–H groups in total. The molecule has 0 aliphatic carbocycles. The topological polar surface area (TPSA) is 67.5 Å². The molecule has 0 saturated carbocycles. The lowest BCUT2D eigenvalue weighted by molar-refractivity contribution is -0.112.